The number of nitrogens with zero attached hydrogens (tertiary/aromatic N) is 1. The molecular formula is C20H27N3O3. The zero-order valence-electron chi connectivity index (χ0n) is 15.8. The number of ether oxygens (including phenoxy) is 3. The van der Waals surface area contributed by atoms with Crippen LogP contribution >= 0.6 is 0 Å². The minimum atomic E-state index is 0.585. The first kappa shape index (κ1) is 19.4. The van der Waals surface area contributed by atoms with Crippen molar-refractivity contribution in [3.8, 4) is 17.2 Å². The fourth-order valence-corrected chi connectivity index (χ4v) is 2.61. The highest BCUT2D eigenvalue weighted by molar-refractivity contribution is 5.79. The molecule has 6 nitrogen and oxygen atoms in total. The molecule has 0 aliphatic heterocycles. The van der Waals surface area contributed by atoms with Gasteiger partial charge in [-0.3, -0.25) is 4.99 Å². The molecule has 0 spiro atoms. The lowest BCUT2D eigenvalue weighted by molar-refractivity contribution is 0.323. The van der Waals surface area contributed by atoms with Crippen LogP contribution in [0.15, 0.2) is 47.5 Å². The molecule has 0 unspecified atom stereocenters. The van der Waals surface area contributed by atoms with Gasteiger partial charge in [-0.15, -0.1) is 0 Å². The third-order valence-corrected chi connectivity index (χ3v) is 3.96. The van der Waals surface area contributed by atoms with Crippen LogP contribution in [0.5, 0.6) is 17.2 Å². The average molecular weight is 357 g/mol. The molecule has 0 atom stereocenters. The van der Waals surface area contributed by atoms with Crippen molar-refractivity contribution in [2.75, 3.05) is 34.9 Å². The van der Waals surface area contributed by atoms with Crippen molar-refractivity contribution in [3.05, 3.63) is 53.6 Å². The van der Waals surface area contributed by atoms with Crippen LogP contribution < -0.4 is 24.8 Å². The second kappa shape index (κ2) is 10.2. The highest BCUT2D eigenvalue weighted by Crippen LogP contribution is 2.38. The molecule has 0 radical (unpaired) electrons. The number of guanidine groups is 1. The van der Waals surface area contributed by atoms with Gasteiger partial charge in [0.1, 0.15) is 0 Å². The van der Waals surface area contributed by atoms with E-state index in [0.29, 0.717) is 23.8 Å². The van der Waals surface area contributed by atoms with E-state index in [2.05, 4.69) is 27.8 Å². The van der Waals surface area contributed by atoms with Crippen molar-refractivity contribution in [1.82, 2.24) is 10.6 Å². The standard InChI is InChI=1S/C20H27N3O3/c1-21-20(22-11-10-15-8-6-5-7-9-15)23-14-16-12-17(24-2)19(26-4)18(13-16)25-3/h5-9,12-13H,10-11,14H2,1-4H3,(H2,21,22,23). The van der Waals surface area contributed by atoms with Crippen molar-refractivity contribution in [1.29, 1.82) is 0 Å². The molecule has 2 N–H and O–H groups in total. The molecule has 0 fully saturated rings. The molecule has 2 aromatic rings. The van der Waals surface area contributed by atoms with Crippen LogP contribution in [-0.2, 0) is 13.0 Å². The van der Waals surface area contributed by atoms with Gasteiger partial charge in [0.25, 0.3) is 0 Å². The Morgan fingerprint density at radius 2 is 1.54 bits per heavy atom. The highest BCUT2D eigenvalue weighted by Gasteiger charge is 2.13. The molecule has 2 rings (SSSR count). The Bertz CT molecular complexity index is 692. The van der Waals surface area contributed by atoms with Gasteiger partial charge in [-0.1, -0.05) is 30.3 Å². The fourth-order valence-electron chi connectivity index (χ4n) is 2.61. The van der Waals surface area contributed by atoms with E-state index in [0.717, 1.165) is 24.5 Å². The molecule has 0 aliphatic carbocycles. The quantitative estimate of drug-likeness (QED) is 0.562. The summed E-state index contributed by atoms with van der Waals surface area (Å²) in [5.41, 5.74) is 2.30. The molecular weight excluding hydrogens is 330 g/mol. The number of hydrogen-bond donors (Lipinski definition) is 2. The first-order chi connectivity index (χ1) is 12.7. The Labute approximate surface area is 155 Å². The predicted molar refractivity (Wildman–Crippen MR) is 104 cm³/mol. The maximum atomic E-state index is 5.39. The molecule has 6 heteroatoms. The minimum Gasteiger partial charge on any atom is -0.493 e. The van der Waals surface area contributed by atoms with Gasteiger partial charge in [0.2, 0.25) is 5.75 Å². The Morgan fingerprint density at radius 1 is 0.885 bits per heavy atom. The number of benzene rings is 2. The van der Waals surface area contributed by atoms with E-state index in [1.165, 1.54) is 5.56 Å². The number of rotatable bonds is 8. The Balaban J connectivity index is 1.93. The molecule has 26 heavy (non-hydrogen) atoms. The van der Waals surface area contributed by atoms with Crippen LogP contribution in [0.4, 0.5) is 0 Å². The Kier molecular flexibility index (Phi) is 7.61. The smallest absolute Gasteiger partial charge is 0.203 e. The summed E-state index contributed by atoms with van der Waals surface area (Å²) in [5.74, 6) is 2.60. The lowest BCUT2D eigenvalue weighted by Gasteiger charge is -2.16. The fraction of sp³-hybridized carbons (Fsp3) is 0.350. The highest BCUT2D eigenvalue weighted by atomic mass is 16.5. The van der Waals surface area contributed by atoms with Crippen molar-refractivity contribution in [2.24, 2.45) is 4.99 Å². The van der Waals surface area contributed by atoms with Gasteiger partial charge in [0.15, 0.2) is 17.5 Å². The van der Waals surface area contributed by atoms with Crippen LogP contribution in [0.2, 0.25) is 0 Å². The molecule has 140 valence electrons. The van der Waals surface area contributed by atoms with Crippen LogP contribution in [0, 0.1) is 0 Å². The van der Waals surface area contributed by atoms with E-state index < -0.39 is 0 Å². The normalized spacial score (nSPS) is 11.0. The maximum absolute atomic E-state index is 5.39. The van der Waals surface area contributed by atoms with Gasteiger partial charge in [0.05, 0.1) is 21.3 Å². The summed E-state index contributed by atoms with van der Waals surface area (Å²) in [6, 6.07) is 14.2. The Hall–Kier alpha value is -2.89. The van der Waals surface area contributed by atoms with Gasteiger partial charge in [-0.2, -0.15) is 0 Å². The zero-order chi connectivity index (χ0) is 18.8. The summed E-state index contributed by atoms with van der Waals surface area (Å²) in [5, 5.41) is 6.62. The summed E-state index contributed by atoms with van der Waals surface area (Å²) in [7, 11) is 6.57. The predicted octanol–water partition coefficient (Wildman–Crippen LogP) is 2.62. The topological polar surface area (TPSA) is 64.1 Å². The third-order valence-electron chi connectivity index (χ3n) is 3.96. The molecule has 0 amide bonds. The second-order valence-corrected chi connectivity index (χ2v) is 5.62. The molecule has 0 heterocycles. The Morgan fingerprint density at radius 3 is 2.08 bits per heavy atom. The average Bonchev–Trinajstić information content (AvgIpc) is 2.70. The summed E-state index contributed by atoms with van der Waals surface area (Å²) >= 11 is 0. The van der Waals surface area contributed by atoms with E-state index in [-0.39, 0.29) is 0 Å². The number of aliphatic imine (C=N–C) groups is 1. The van der Waals surface area contributed by atoms with E-state index >= 15 is 0 Å². The largest absolute Gasteiger partial charge is 0.493 e. The lowest BCUT2D eigenvalue weighted by atomic mass is 10.1. The van der Waals surface area contributed by atoms with Crippen LogP contribution in [0.25, 0.3) is 0 Å². The summed E-state index contributed by atoms with van der Waals surface area (Å²) < 4.78 is 16.1. The molecule has 0 saturated carbocycles. The molecule has 0 aliphatic rings. The van der Waals surface area contributed by atoms with Crippen molar-refractivity contribution in [3.63, 3.8) is 0 Å². The monoisotopic (exact) mass is 357 g/mol. The van der Waals surface area contributed by atoms with E-state index in [1.807, 2.05) is 30.3 Å². The van der Waals surface area contributed by atoms with Gasteiger partial charge in [0, 0.05) is 20.1 Å². The summed E-state index contributed by atoms with van der Waals surface area (Å²) in [4.78, 5) is 4.26. The van der Waals surface area contributed by atoms with Crippen molar-refractivity contribution < 1.29 is 14.2 Å². The first-order valence-corrected chi connectivity index (χ1v) is 8.49. The summed E-state index contributed by atoms with van der Waals surface area (Å²) in [6.07, 6.45) is 0.936. The van der Waals surface area contributed by atoms with Crippen molar-refractivity contribution in [2.45, 2.75) is 13.0 Å². The number of methoxy groups -OCH3 is 3. The molecule has 2 aromatic carbocycles. The molecule has 0 bridgehead atoms. The van der Waals surface area contributed by atoms with Gasteiger partial charge >= 0.3 is 0 Å². The van der Waals surface area contributed by atoms with Crippen molar-refractivity contribution >= 4 is 5.96 Å². The maximum Gasteiger partial charge on any atom is 0.203 e. The van der Waals surface area contributed by atoms with Gasteiger partial charge < -0.3 is 24.8 Å². The number of nitrogens with one attached hydrogen (secondary N) is 2. The SMILES string of the molecule is CN=C(NCCc1ccccc1)NCc1cc(OC)c(OC)c(OC)c1. The van der Waals surface area contributed by atoms with Crippen LogP contribution in [0.1, 0.15) is 11.1 Å². The lowest BCUT2D eigenvalue weighted by Crippen LogP contribution is -2.37. The van der Waals surface area contributed by atoms with Gasteiger partial charge in [-0.05, 0) is 29.7 Å². The molecule has 0 aromatic heterocycles. The minimum absolute atomic E-state index is 0.585. The second-order valence-electron chi connectivity index (χ2n) is 5.62. The zero-order valence-corrected chi connectivity index (χ0v) is 15.8. The van der Waals surface area contributed by atoms with E-state index in [9.17, 15) is 0 Å². The van der Waals surface area contributed by atoms with Crippen LogP contribution in [-0.4, -0.2) is 40.9 Å². The van der Waals surface area contributed by atoms with Crippen LogP contribution in [0.3, 0.4) is 0 Å². The molecule has 0 saturated heterocycles. The van der Waals surface area contributed by atoms with E-state index in [4.69, 9.17) is 14.2 Å². The first-order valence-electron chi connectivity index (χ1n) is 8.49. The van der Waals surface area contributed by atoms with E-state index in [1.54, 1.807) is 28.4 Å². The number of hydrogen-bond acceptors (Lipinski definition) is 4. The van der Waals surface area contributed by atoms with Gasteiger partial charge in [-0.25, -0.2) is 0 Å². The summed E-state index contributed by atoms with van der Waals surface area (Å²) in [6.45, 7) is 1.39. The third kappa shape index (κ3) is 5.31.